The first kappa shape index (κ1) is 25.7. The van der Waals surface area contributed by atoms with Crippen LogP contribution < -0.4 is 0 Å². The van der Waals surface area contributed by atoms with Gasteiger partial charge in [-0.1, -0.05) is 84.1 Å². The van der Waals surface area contributed by atoms with E-state index in [4.69, 9.17) is 0 Å². The summed E-state index contributed by atoms with van der Waals surface area (Å²) in [5, 5.41) is 19.1. The normalized spacial score (nSPS) is 14.4. The molecule has 0 spiro atoms. The highest BCUT2D eigenvalue weighted by Gasteiger charge is 2.46. The van der Waals surface area contributed by atoms with Gasteiger partial charge in [-0.15, -0.1) is 6.58 Å². The fourth-order valence-corrected chi connectivity index (χ4v) is 4.13. The summed E-state index contributed by atoms with van der Waals surface area (Å²) in [7, 11) is 0. The average Bonchev–Trinajstić information content (AvgIpc) is 2.64. The summed E-state index contributed by atoms with van der Waals surface area (Å²) in [6.07, 6.45) is 17.5. The van der Waals surface area contributed by atoms with E-state index in [9.17, 15) is 19.8 Å². The Labute approximate surface area is 166 Å². The Hall–Kier alpha value is -1.32. The molecule has 158 valence electrons. The van der Waals surface area contributed by atoms with Crippen molar-refractivity contribution in [2.75, 3.05) is 0 Å². The van der Waals surface area contributed by atoms with Crippen LogP contribution in [0.4, 0.5) is 0 Å². The van der Waals surface area contributed by atoms with Crippen LogP contribution in [0.5, 0.6) is 0 Å². The van der Waals surface area contributed by atoms with Gasteiger partial charge in [0, 0.05) is 0 Å². The first-order valence-electron chi connectivity index (χ1n) is 11.0. The van der Waals surface area contributed by atoms with Crippen LogP contribution in [0, 0.1) is 11.3 Å². The molecule has 0 aromatic heterocycles. The Morgan fingerprint density at radius 1 is 0.852 bits per heavy atom. The van der Waals surface area contributed by atoms with Gasteiger partial charge in [-0.05, 0) is 32.1 Å². The lowest BCUT2D eigenvalue weighted by atomic mass is 9.68. The maximum atomic E-state index is 11.8. The summed E-state index contributed by atoms with van der Waals surface area (Å²) in [6, 6.07) is 0. The van der Waals surface area contributed by atoms with E-state index in [1.807, 2.05) is 6.08 Å². The Balaban J connectivity index is 3.95. The zero-order valence-corrected chi connectivity index (χ0v) is 17.7. The highest BCUT2D eigenvalue weighted by atomic mass is 16.4. The number of unbranched alkanes of at least 4 members (excludes halogenated alkanes) is 11. The molecule has 4 heteroatoms. The summed E-state index contributed by atoms with van der Waals surface area (Å²) < 4.78 is 0. The van der Waals surface area contributed by atoms with E-state index in [0.717, 1.165) is 25.7 Å². The Bertz CT molecular complexity index is 419. The molecule has 0 aromatic rings. The van der Waals surface area contributed by atoms with E-state index >= 15 is 0 Å². The van der Waals surface area contributed by atoms with E-state index < -0.39 is 23.3 Å². The molecule has 27 heavy (non-hydrogen) atoms. The molecule has 0 amide bonds. The predicted molar refractivity (Wildman–Crippen MR) is 112 cm³/mol. The van der Waals surface area contributed by atoms with Crippen LogP contribution in [0.1, 0.15) is 110 Å². The standard InChI is InChI=1S/C23H42O4/c1-4-7-8-9-10-11-12-13-14-15-16-17-18-19-23(6-3,22(26)27)20(5-2)21(24)25/h4,20H,1,5-19H2,2-3H3,(H,24,25)(H,26,27). The number of aliphatic carboxylic acids is 2. The molecule has 0 heterocycles. The first-order chi connectivity index (χ1) is 13.0. The minimum atomic E-state index is -1.12. The maximum absolute atomic E-state index is 11.8. The second kappa shape index (κ2) is 15.7. The van der Waals surface area contributed by atoms with E-state index in [0.29, 0.717) is 19.3 Å². The van der Waals surface area contributed by atoms with E-state index in [-0.39, 0.29) is 0 Å². The molecule has 0 fully saturated rings. The lowest BCUT2D eigenvalue weighted by Crippen LogP contribution is -2.42. The third kappa shape index (κ3) is 9.97. The summed E-state index contributed by atoms with van der Waals surface area (Å²) in [6.45, 7) is 7.31. The number of allylic oxidation sites excluding steroid dienone is 1. The molecule has 2 unspecified atom stereocenters. The molecule has 2 N–H and O–H groups in total. The van der Waals surface area contributed by atoms with Crippen LogP contribution >= 0.6 is 0 Å². The second-order valence-electron chi connectivity index (χ2n) is 7.83. The minimum Gasteiger partial charge on any atom is -0.481 e. The topological polar surface area (TPSA) is 74.6 Å². The Morgan fingerprint density at radius 2 is 1.30 bits per heavy atom. The van der Waals surface area contributed by atoms with Crippen LogP contribution in [0.25, 0.3) is 0 Å². The largest absolute Gasteiger partial charge is 0.481 e. The smallest absolute Gasteiger partial charge is 0.310 e. The first-order valence-corrected chi connectivity index (χ1v) is 11.0. The van der Waals surface area contributed by atoms with Gasteiger partial charge >= 0.3 is 11.9 Å². The lowest BCUT2D eigenvalue weighted by molar-refractivity contribution is -0.164. The Morgan fingerprint density at radius 3 is 1.63 bits per heavy atom. The molecule has 0 bridgehead atoms. The zero-order chi connectivity index (χ0) is 20.5. The molecule has 4 nitrogen and oxygen atoms in total. The fourth-order valence-electron chi connectivity index (χ4n) is 4.13. The number of carbonyl (C=O) groups is 2. The number of hydrogen-bond acceptors (Lipinski definition) is 2. The summed E-state index contributed by atoms with van der Waals surface area (Å²) in [5.41, 5.74) is -1.12. The number of hydrogen-bond donors (Lipinski definition) is 2. The molecule has 0 saturated carbocycles. The number of carboxylic acids is 2. The fraction of sp³-hybridized carbons (Fsp3) is 0.826. The van der Waals surface area contributed by atoms with Crippen molar-refractivity contribution in [3.8, 4) is 0 Å². The molecule has 0 aliphatic rings. The predicted octanol–water partition coefficient (Wildman–Crippen LogP) is 6.84. The van der Waals surface area contributed by atoms with Gasteiger partial charge in [0.1, 0.15) is 0 Å². The van der Waals surface area contributed by atoms with Crippen LogP contribution in [-0.2, 0) is 9.59 Å². The van der Waals surface area contributed by atoms with Crippen molar-refractivity contribution in [3.05, 3.63) is 12.7 Å². The third-order valence-electron chi connectivity index (χ3n) is 5.96. The Kier molecular flexibility index (Phi) is 14.9. The van der Waals surface area contributed by atoms with Crippen molar-refractivity contribution in [2.24, 2.45) is 11.3 Å². The molecule has 0 radical (unpaired) electrons. The van der Waals surface area contributed by atoms with Crippen molar-refractivity contribution in [1.82, 2.24) is 0 Å². The van der Waals surface area contributed by atoms with Crippen LogP contribution in [0.15, 0.2) is 12.7 Å². The molecule has 2 atom stereocenters. The van der Waals surface area contributed by atoms with E-state index in [2.05, 4.69) is 6.58 Å². The molecular weight excluding hydrogens is 340 g/mol. The summed E-state index contributed by atoms with van der Waals surface area (Å²) >= 11 is 0. The quantitative estimate of drug-likeness (QED) is 0.189. The molecule has 0 aliphatic carbocycles. The van der Waals surface area contributed by atoms with E-state index in [1.165, 1.54) is 51.4 Å². The minimum absolute atomic E-state index is 0.364. The van der Waals surface area contributed by atoms with Gasteiger partial charge in [-0.3, -0.25) is 9.59 Å². The van der Waals surface area contributed by atoms with Gasteiger partial charge in [-0.25, -0.2) is 0 Å². The van der Waals surface area contributed by atoms with Crippen molar-refractivity contribution >= 4 is 11.9 Å². The number of rotatable bonds is 19. The zero-order valence-electron chi connectivity index (χ0n) is 17.7. The average molecular weight is 383 g/mol. The summed E-state index contributed by atoms with van der Waals surface area (Å²) in [4.78, 5) is 23.3. The maximum Gasteiger partial charge on any atom is 0.310 e. The summed E-state index contributed by atoms with van der Waals surface area (Å²) in [5.74, 6) is -2.73. The van der Waals surface area contributed by atoms with Crippen molar-refractivity contribution in [3.63, 3.8) is 0 Å². The van der Waals surface area contributed by atoms with Crippen molar-refractivity contribution in [2.45, 2.75) is 110 Å². The van der Waals surface area contributed by atoms with Gasteiger partial charge in [-0.2, -0.15) is 0 Å². The molecule has 0 rings (SSSR count). The highest BCUT2D eigenvalue weighted by molar-refractivity contribution is 5.83. The van der Waals surface area contributed by atoms with Crippen molar-refractivity contribution < 1.29 is 19.8 Å². The molecule has 0 aliphatic heterocycles. The van der Waals surface area contributed by atoms with Gasteiger partial charge in [0.2, 0.25) is 0 Å². The van der Waals surface area contributed by atoms with Gasteiger partial charge < -0.3 is 10.2 Å². The lowest BCUT2D eigenvalue weighted by Gasteiger charge is -2.33. The van der Waals surface area contributed by atoms with Gasteiger partial charge in [0.25, 0.3) is 0 Å². The second-order valence-corrected chi connectivity index (χ2v) is 7.83. The molecule has 0 aromatic carbocycles. The van der Waals surface area contributed by atoms with E-state index in [1.54, 1.807) is 13.8 Å². The molecule has 0 saturated heterocycles. The highest BCUT2D eigenvalue weighted by Crippen LogP contribution is 2.40. The van der Waals surface area contributed by atoms with Gasteiger partial charge in [0.05, 0.1) is 11.3 Å². The van der Waals surface area contributed by atoms with Crippen LogP contribution in [-0.4, -0.2) is 22.2 Å². The monoisotopic (exact) mass is 382 g/mol. The third-order valence-corrected chi connectivity index (χ3v) is 5.96. The van der Waals surface area contributed by atoms with Crippen LogP contribution in [0.3, 0.4) is 0 Å². The van der Waals surface area contributed by atoms with Crippen LogP contribution in [0.2, 0.25) is 0 Å². The SMILES string of the molecule is C=CCCCCCCCCCCCCCC(CC)(C(=O)O)C(CC)C(=O)O. The molecular formula is C23H42O4. The number of carboxylic acid groups (broad SMARTS) is 2. The van der Waals surface area contributed by atoms with Crippen molar-refractivity contribution in [1.29, 1.82) is 0 Å². The van der Waals surface area contributed by atoms with Gasteiger partial charge in [0.15, 0.2) is 0 Å².